The first kappa shape index (κ1) is 62.1. The molecule has 8 rings (SSSR count). The predicted molar refractivity (Wildman–Crippen MR) is 259 cm³/mol. The van der Waals surface area contributed by atoms with E-state index in [-0.39, 0.29) is 94.0 Å². The van der Waals surface area contributed by atoms with Gasteiger partial charge in [0, 0.05) is 86.9 Å². The van der Waals surface area contributed by atoms with Crippen LogP contribution in [0.25, 0.3) is 4.85 Å². The Morgan fingerprint density at radius 3 is 1.11 bits per heavy atom. The van der Waals surface area contributed by atoms with E-state index in [0.717, 1.165) is 77.8 Å². The molecule has 19 nitrogen and oxygen atoms in total. The van der Waals surface area contributed by atoms with E-state index >= 15 is 0 Å². The van der Waals surface area contributed by atoms with Crippen molar-refractivity contribution < 1.29 is 91.2 Å². The number of halogens is 1. The van der Waals surface area contributed by atoms with Crippen molar-refractivity contribution in [2.45, 2.75) is 175 Å². The maximum atomic E-state index is 11.8. The molecule has 400 valence electrons. The molecule has 4 aliphatic heterocycles. The van der Waals surface area contributed by atoms with E-state index in [2.05, 4.69) is 4.85 Å². The predicted octanol–water partition coefficient (Wildman–Crippen LogP) is 4.32. The van der Waals surface area contributed by atoms with Crippen LogP contribution in [0.5, 0.6) is 0 Å². The molecule has 4 saturated heterocycles. The number of hydrogen-bond donors (Lipinski definition) is 2. The number of amides is 4. The number of carbonyl (C=O) groups is 4. The molecule has 0 unspecified atom stereocenters. The summed E-state index contributed by atoms with van der Waals surface area (Å²) in [6, 6.07) is 0.195. The second-order valence-electron chi connectivity index (χ2n) is 24.9. The Bertz CT molecular complexity index is 2000. The van der Waals surface area contributed by atoms with E-state index in [0.29, 0.717) is 37.3 Å². The standard InChI is InChI=1S/C12H18N2O2.C12H22N2O2.C12H21NO5S.C11H19NO3.CH3F.CN.Na/c1-11(2,3)16-10(15)14-7-12(8-14)5-9(6-12)13-4;1-11(2,3)16-10(15)14-7-12(8-14)4-9(5-12)6-13;1-11(2,3)17-10(14)13-7-12(8-13)5-9(6-12)18-19(4,15)16;1-10(2,3)15-9(14)12-6-11(7-12)4-8(13)5-11;2*1-2;/h9H,5-8H2,1-3H3;9H,4-8,13H2,1-3H3;9H,5-8H2,1-4H3;8,13H,4-7H2,1-3H3;1H3;;/q;;;;;-1;+1/i;;;;1D;;. The Kier molecular flexibility index (Phi) is 21.0. The molecule has 0 aromatic rings. The third-order valence-corrected chi connectivity index (χ3v) is 13.7. The van der Waals surface area contributed by atoms with Gasteiger partial charge in [0.15, 0.2) is 0 Å². The number of aliphatic hydroxyl groups excluding tert-OH is 1. The van der Waals surface area contributed by atoms with Crippen LogP contribution in [0.1, 0.15) is 136 Å². The first-order valence-electron chi connectivity index (χ1n) is 24.7. The van der Waals surface area contributed by atoms with E-state index in [1.807, 2.05) is 83.1 Å². The van der Waals surface area contributed by atoms with Crippen LogP contribution in [-0.4, -0.2) is 170 Å². The molecule has 22 heteroatoms. The number of alkyl halides is 1. The number of hydrogen-bond acceptors (Lipinski definition) is 14. The zero-order valence-electron chi connectivity index (χ0n) is 46.0. The van der Waals surface area contributed by atoms with Gasteiger partial charge in [-0.1, -0.05) is 0 Å². The molecule has 4 saturated carbocycles. The Labute approximate surface area is 446 Å². The SMILES string of the molecule is CC(C)(C)OC(=O)N1CC2(CC(CN)C2)C1.CC(C)(C)OC(=O)N1CC2(CC(O)C2)C1.CC(C)(C)OC(=O)N1CC2(CC(OS(C)(=O)=O)C2)C1.[2H]CF.[C-]#N.[C-]#[N+]C1CC2(C1)CN(C(=O)OC(C)(C)C)C2.[Na+]. The van der Waals surface area contributed by atoms with Gasteiger partial charge in [0.1, 0.15) is 22.4 Å². The maximum Gasteiger partial charge on any atom is 1.00 e. The van der Waals surface area contributed by atoms with Crippen molar-refractivity contribution in [2.75, 3.05) is 72.3 Å². The van der Waals surface area contributed by atoms with Gasteiger partial charge in [0.2, 0.25) is 6.04 Å². The second-order valence-corrected chi connectivity index (χ2v) is 26.5. The summed E-state index contributed by atoms with van der Waals surface area (Å²) in [7, 11) is -4.38. The van der Waals surface area contributed by atoms with E-state index in [4.69, 9.17) is 48.6 Å². The summed E-state index contributed by atoms with van der Waals surface area (Å²) in [6.07, 6.45) is 7.11. The zero-order chi connectivity index (χ0) is 54.4. The largest absolute Gasteiger partial charge is 1.00 e. The average Bonchev–Trinajstić information content (AvgIpc) is 3.06. The van der Waals surface area contributed by atoms with Gasteiger partial charge in [0.25, 0.3) is 10.1 Å². The molecule has 4 heterocycles. The van der Waals surface area contributed by atoms with Gasteiger partial charge in [-0.15, -0.1) is 0 Å². The fourth-order valence-corrected chi connectivity index (χ4v) is 11.1. The summed E-state index contributed by atoms with van der Waals surface area (Å²) in [5.74, 6) is 0.681. The van der Waals surface area contributed by atoms with Crippen molar-refractivity contribution in [3.8, 4) is 0 Å². The monoisotopic (exact) mass is 1040 g/mol. The van der Waals surface area contributed by atoms with Gasteiger partial charge in [0.05, 0.1) is 27.0 Å². The molecule has 3 N–H and O–H groups in total. The van der Waals surface area contributed by atoms with Crippen LogP contribution >= 0.6 is 0 Å². The van der Waals surface area contributed by atoms with Crippen molar-refractivity contribution >= 4 is 34.5 Å². The van der Waals surface area contributed by atoms with Gasteiger partial charge in [-0.25, -0.2) is 25.8 Å². The van der Waals surface area contributed by atoms with Gasteiger partial charge < -0.3 is 66.1 Å². The van der Waals surface area contributed by atoms with Gasteiger partial charge in [-0.2, -0.15) is 8.42 Å². The summed E-state index contributed by atoms with van der Waals surface area (Å²) in [4.78, 5) is 57.1. The molecule has 8 aliphatic rings. The Hall–Kier alpha value is -3.18. The van der Waals surface area contributed by atoms with Crippen LogP contribution in [0.3, 0.4) is 0 Å². The van der Waals surface area contributed by atoms with Crippen LogP contribution in [-0.2, 0) is 33.2 Å². The van der Waals surface area contributed by atoms with Crippen LogP contribution in [0, 0.1) is 46.0 Å². The van der Waals surface area contributed by atoms with Crippen LogP contribution in [0.4, 0.5) is 23.6 Å². The summed E-state index contributed by atoms with van der Waals surface area (Å²) >= 11 is 0. The summed E-state index contributed by atoms with van der Waals surface area (Å²) in [5.41, 5.74) is 4.81. The van der Waals surface area contributed by atoms with Gasteiger partial charge in [-0.05, 0) is 134 Å². The smallest absolute Gasteiger partial charge is 0.512 e. The quantitative estimate of drug-likeness (QED) is 0.173. The number of ether oxygens (including phenoxy) is 4. The Morgan fingerprint density at radius 2 is 0.887 bits per heavy atom. The number of carbonyl (C=O) groups excluding carboxylic acids is 4. The fourth-order valence-electron chi connectivity index (χ4n) is 10.4. The van der Waals surface area contributed by atoms with E-state index in [1.165, 1.54) is 12.8 Å². The molecular weight excluding hydrogens is 953 g/mol. The molecule has 0 aromatic carbocycles. The van der Waals surface area contributed by atoms with Gasteiger partial charge >= 0.3 is 53.9 Å². The number of likely N-dealkylation sites (tertiary alicyclic amines) is 4. The number of nitrogens with zero attached hydrogens (tertiary/aromatic N) is 6. The summed E-state index contributed by atoms with van der Waals surface area (Å²) in [6.45, 7) is 40.9. The minimum atomic E-state index is -3.38. The van der Waals surface area contributed by atoms with Crippen molar-refractivity contribution in [3.05, 3.63) is 18.0 Å². The first-order chi connectivity index (χ1) is 32.4. The molecule has 0 bridgehead atoms. The summed E-state index contributed by atoms with van der Waals surface area (Å²) in [5, 5.41) is 15.5. The van der Waals surface area contributed by atoms with Crippen LogP contribution in [0.2, 0.25) is 0 Å². The minimum absolute atomic E-state index is 0. The number of nitrogens with two attached hydrogens (primary N) is 1. The van der Waals surface area contributed by atoms with Crippen molar-refractivity contribution in [2.24, 2.45) is 33.3 Å². The molecular formula is C49H83FN7NaO12S. The molecule has 0 radical (unpaired) electrons. The third kappa shape index (κ3) is 18.9. The van der Waals surface area contributed by atoms with Crippen molar-refractivity contribution in [3.63, 3.8) is 0 Å². The average molecular weight is 1040 g/mol. The number of rotatable bonds is 3. The number of aliphatic hydroxyl groups is 1. The molecule has 4 aliphatic carbocycles. The molecule has 71 heavy (non-hydrogen) atoms. The zero-order valence-corrected chi connectivity index (χ0v) is 47.8. The third-order valence-electron chi connectivity index (χ3n) is 13.1. The molecule has 0 atom stereocenters. The fraction of sp³-hybridized carbons (Fsp3) is 0.878. The van der Waals surface area contributed by atoms with Crippen molar-refractivity contribution in [1.29, 1.82) is 5.26 Å². The van der Waals surface area contributed by atoms with Crippen molar-refractivity contribution in [1.82, 2.24) is 19.6 Å². The second kappa shape index (κ2) is 24.0. The maximum absolute atomic E-state index is 11.8. The topological polar surface area (TPSA) is 236 Å². The minimum Gasteiger partial charge on any atom is -0.512 e. The van der Waals surface area contributed by atoms with E-state index < -0.39 is 34.1 Å². The first-order valence-corrected chi connectivity index (χ1v) is 25.8. The normalized spacial score (nSPS) is 23.0. The Balaban J connectivity index is 0.000000318. The molecule has 4 spiro atoms. The summed E-state index contributed by atoms with van der Waals surface area (Å²) < 4.78 is 63.5. The molecule has 4 amide bonds. The van der Waals surface area contributed by atoms with E-state index in [1.54, 1.807) is 19.6 Å². The molecule has 8 fully saturated rings. The molecule has 0 aromatic heterocycles. The van der Waals surface area contributed by atoms with Crippen LogP contribution < -0.4 is 35.3 Å². The van der Waals surface area contributed by atoms with Gasteiger partial charge in [-0.3, -0.25) is 8.57 Å². The van der Waals surface area contributed by atoms with E-state index in [9.17, 15) is 37.1 Å². The van der Waals surface area contributed by atoms with Crippen LogP contribution in [0.15, 0.2) is 0 Å². The Morgan fingerprint density at radius 1 is 0.634 bits per heavy atom.